The Balaban J connectivity index is 3.44. The van der Waals surface area contributed by atoms with E-state index in [2.05, 4.69) is 11.9 Å². The van der Waals surface area contributed by atoms with Gasteiger partial charge in [0.2, 0.25) is 5.91 Å². The Kier molecular flexibility index (Phi) is 6.45. The molecule has 0 saturated heterocycles. The summed E-state index contributed by atoms with van der Waals surface area (Å²) in [5.41, 5.74) is 0. The van der Waals surface area contributed by atoms with Crippen LogP contribution in [0.1, 0.15) is 32.6 Å². The number of nitrogens with one attached hydrogen (secondary N) is 1. The van der Waals surface area contributed by atoms with Crippen LogP contribution in [0, 0.1) is 0 Å². The van der Waals surface area contributed by atoms with Crippen molar-refractivity contribution >= 4 is 11.9 Å². The van der Waals surface area contributed by atoms with Crippen LogP contribution in [0.3, 0.4) is 0 Å². The Morgan fingerprint density at radius 3 is 2.64 bits per heavy atom. The highest BCUT2D eigenvalue weighted by atomic mass is 16.4. The molecule has 80 valence electrons. The molecule has 0 aliphatic rings. The molecule has 4 nitrogen and oxygen atoms in total. The van der Waals surface area contributed by atoms with Gasteiger partial charge in [-0.05, 0) is 25.8 Å². The van der Waals surface area contributed by atoms with Crippen LogP contribution in [0.2, 0.25) is 0 Å². The zero-order valence-electron chi connectivity index (χ0n) is 8.45. The highest BCUT2D eigenvalue weighted by Gasteiger charge is 2.04. The molecule has 4 heteroatoms. The molecule has 0 rings (SSSR count). The van der Waals surface area contributed by atoms with E-state index in [1.54, 1.807) is 0 Å². The van der Waals surface area contributed by atoms with Gasteiger partial charge in [-0.3, -0.25) is 9.59 Å². The summed E-state index contributed by atoms with van der Waals surface area (Å²) in [5, 5.41) is 11.1. The van der Waals surface area contributed by atoms with Crippen LogP contribution in [0.5, 0.6) is 0 Å². The van der Waals surface area contributed by atoms with Crippen molar-refractivity contribution in [1.82, 2.24) is 5.32 Å². The fourth-order valence-electron chi connectivity index (χ4n) is 1.10. The molecule has 2 N–H and O–H groups in total. The van der Waals surface area contributed by atoms with E-state index in [1.807, 2.05) is 6.92 Å². The van der Waals surface area contributed by atoms with Gasteiger partial charge in [-0.1, -0.05) is 13.0 Å². The van der Waals surface area contributed by atoms with Crippen molar-refractivity contribution in [2.75, 3.05) is 0 Å². The summed E-state index contributed by atoms with van der Waals surface area (Å²) in [6.45, 7) is 5.23. The fourth-order valence-corrected chi connectivity index (χ4v) is 1.10. The lowest BCUT2D eigenvalue weighted by Crippen LogP contribution is -2.30. The van der Waals surface area contributed by atoms with Gasteiger partial charge in [0.25, 0.3) is 0 Å². The van der Waals surface area contributed by atoms with Crippen molar-refractivity contribution in [1.29, 1.82) is 0 Å². The first kappa shape index (κ1) is 12.7. The molecule has 0 spiro atoms. The number of unbranched alkanes of at least 4 members (excludes halogenated alkanes) is 1. The zero-order valence-corrected chi connectivity index (χ0v) is 8.45. The van der Waals surface area contributed by atoms with Crippen molar-refractivity contribution < 1.29 is 14.7 Å². The quantitative estimate of drug-likeness (QED) is 0.480. The highest BCUT2D eigenvalue weighted by molar-refractivity contribution is 5.87. The SMILES string of the molecule is C=CC(=O)NC(C)CCCCC(=O)O. The average molecular weight is 199 g/mol. The molecule has 0 aromatic carbocycles. The molecule has 0 saturated carbocycles. The number of rotatable bonds is 7. The first-order chi connectivity index (χ1) is 6.56. The number of aliphatic carboxylic acids is 1. The van der Waals surface area contributed by atoms with Gasteiger partial charge in [-0.15, -0.1) is 0 Å². The molecule has 0 aromatic heterocycles. The highest BCUT2D eigenvalue weighted by Crippen LogP contribution is 2.03. The number of hydrogen-bond donors (Lipinski definition) is 2. The molecule has 14 heavy (non-hydrogen) atoms. The van der Waals surface area contributed by atoms with Gasteiger partial charge in [0, 0.05) is 12.5 Å². The first-order valence-corrected chi connectivity index (χ1v) is 4.71. The molecule has 0 aromatic rings. The lowest BCUT2D eigenvalue weighted by Gasteiger charge is -2.11. The number of carboxylic acid groups (broad SMARTS) is 1. The predicted molar refractivity (Wildman–Crippen MR) is 53.9 cm³/mol. The fraction of sp³-hybridized carbons (Fsp3) is 0.600. The van der Waals surface area contributed by atoms with Crippen LogP contribution >= 0.6 is 0 Å². The molecular weight excluding hydrogens is 182 g/mol. The van der Waals surface area contributed by atoms with E-state index in [-0.39, 0.29) is 18.4 Å². The third-order valence-electron chi connectivity index (χ3n) is 1.85. The van der Waals surface area contributed by atoms with Crippen molar-refractivity contribution in [2.45, 2.75) is 38.6 Å². The van der Waals surface area contributed by atoms with E-state index >= 15 is 0 Å². The monoisotopic (exact) mass is 199 g/mol. The smallest absolute Gasteiger partial charge is 0.303 e. The second-order valence-corrected chi connectivity index (χ2v) is 3.25. The molecule has 0 aliphatic heterocycles. The average Bonchev–Trinajstić information content (AvgIpc) is 2.12. The van der Waals surface area contributed by atoms with Crippen LogP contribution in [0.25, 0.3) is 0 Å². The Morgan fingerprint density at radius 2 is 2.14 bits per heavy atom. The molecule has 1 unspecified atom stereocenters. The van der Waals surface area contributed by atoms with E-state index in [0.717, 1.165) is 12.8 Å². The van der Waals surface area contributed by atoms with Gasteiger partial charge in [-0.2, -0.15) is 0 Å². The van der Waals surface area contributed by atoms with Gasteiger partial charge < -0.3 is 10.4 Å². The summed E-state index contributed by atoms with van der Waals surface area (Å²) in [5.74, 6) is -0.955. The van der Waals surface area contributed by atoms with Crippen molar-refractivity contribution in [3.8, 4) is 0 Å². The maximum Gasteiger partial charge on any atom is 0.303 e. The van der Waals surface area contributed by atoms with Crippen LogP contribution in [-0.4, -0.2) is 23.0 Å². The van der Waals surface area contributed by atoms with Gasteiger partial charge in [0.1, 0.15) is 0 Å². The summed E-state index contributed by atoms with van der Waals surface area (Å²) < 4.78 is 0. The lowest BCUT2D eigenvalue weighted by atomic mass is 10.1. The second kappa shape index (κ2) is 7.12. The molecule has 0 radical (unpaired) electrons. The number of carbonyl (C=O) groups is 2. The third kappa shape index (κ3) is 7.34. The summed E-state index contributed by atoms with van der Waals surface area (Å²) in [4.78, 5) is 21.0. The summed E-state index contributed by atoms with van der Waals surface area (Å²) in [7, 11) is 0. The van der Waals surface area contributed by atoms with Crippen molar-refractivity contribution in [3.05, 3.63) is 12.7 Å². The van der Waals surface area contributed by atoms with Crippen LogP contribution in [0.4, 0.5) is 0 Å². The summed E-state index contributed by atoms with van der Waals surface area (Å²) in [6, 6.07) is 0.0781. The van der Waals surface area contributed by atoms with Crippen molar-refractivity contribution in [3.63, 3.8) is 0 Å². The summed E-state index contributed by atoms with van der Waals surface area (Å²) >= 11 is 0. The molecule has 1 atom stereocenters. The molecule has 0 aliphatic carbocycles. The zero-order chi connectivity index (χ0) is 11.0. The number of amides is 1. The minimum Gasteiger partial charge on any atom is -0.481 e. The van der Waals surface area contributed by atoms with Crippen LogP contribution in [0.15, 0.2) is 12.7 Å². The largest absolute Gasteiger partial charge is 0.481 e. The Hall–Kier alpha value is -1.32. The predicted octanol–water partition coefficient (Wildman–Crippen LogP) is 1.32. The van der Waals surface area contributed by atoms with E-state index in [4.69, 9.17) is 5.11 Å². The van der Waals surface area contributed by atoms with Gasteiger partial charge in [0.15, 0.2) is 0 Å². The van der Waals surface area contributed by atoms with E-state index in [1.165, 1.54) is 6.08 Å². The summed E-state index contributed by atoms with van der Waals surface area (Å²) in [6.07, 6.45) is 3.69. The maximum absolute atomic E-state index is 10.8. The topological polar surface area (TPSA) is 66.4 Å². The van der Waals surface area contributed by atoms with Crippen molar-refractivity contribution in [2.24, 2.45) is 0 Å². The first-order valence-electron chi connectivity index (χ1n) is 4.71. The molecule has 0 fully saturated rings. The van der Waals surface area contributed by atoms with E-state index in [9.17, 15) is 9.59 Å². The number of hydrogen-bond acceptors (Lipinski definition) is 2. The minimum absolute atomic E-state index is 0.0781. The molecular formula is C10H17NO3. The minimum atomic E-state index is -0.771. The van der Waals surface area contributed by atoms with Gasteiger partial charge in [0.05, 0.1) is 0 Å². The van der Waals surface area contributed by atoms with Crippen LogP contribution < -0.4 is 5.32 Å². The Morgan fingerprint density at radius 1 is 1.50 bits per heavy atom. The third-order valence-corrected chi connectivity index (χ3v) is 1.85. The van der Waals surface area contributed by atoms with Gasteiger partial charge in [-0.25, -0.2) is 0 Å². The molecule has 1 amide bonds. The Labute approximate surface area is 84.0 Å². The van der Waals surface area contributed by atoms with Gasteiger partial charge >= 0.3 is 5.97 Å². The lowest BCUT2D eigenvalue weighted by molar-refractivity contribution is -0.137. The molecule has 0 bridgehead atoms. The number of carboxylic acids is 1. The number of carbonyl (C=O) groups excluding carboxylic acids is 1. The molecule has 0 heterocycles. The van der Waals surface area contributed by atoms with E-state index < -0.39 is 5.97 Å². The van der Waals surface area contributed by atoms with E-state index in [0.29, 0.717) is 6.42 Å². The standard InChI is InChI=1S/C10H17NO3/c1-3-9(12)11-8(2)6-4-5-7-10(13)14/h3,8H,1,4-7H2,2H3,(H,11,12)(H,13,14). The Bertz CT molecular complexity index is 213. The second-order valence-electron chi connectivity index (χ2n) is 3.25. The normalized spacial score (nSPS) is 11.8. The maximum atomic E-state index is 10.8. The van der Waals surface area contributed by atoms with Crippen LogP contribution in [-0.2, 0) is 9.59 Å².